The molecule has 0 spiro atoms. The van der Waals surface area contributed by atoms with Gasteiger partial charge in [0.15, 0.2) is 0 Å². The van der Waals surface area contributed by atoms with Gasteiger partial charge in [-0.05, 0) is 30.3 Å². The van der Waals surface area contributed by atoms with Gasteiger partial charge in [-0.25, -0.2) is 0 Å². The zero-order valence-corrected chi connectivity index (χ0v) is 12.8. The third kappa shape index (κ3) is 3.24. The molecule has 0 unspecified atom stereocenters. The number of nitrogens with zero attached hydrogens (tertiary/aromatic N) is 1. The van der Waals surface area contributed by atoms with Crippen LogP contribution >= 0.6 is 0 Å². The average molecular weight is 309 g/mol. The third-order valence-corrected chi connectivity index (χ3v) is 3.99. The standard InChI is InChI=1S/C18H19N3O2/c19-17-5-4-13(12-22)10-16(17)18(20)14-2-1-3-15(11-14)21-6-8-23-9-7-21/h1-5,10-12,20H,6-9,19H2. The molecular formula is C18H19N3O2. The van der Waals surface area contributed by atoms with Crippen molar-refractivity contribution in [2.45, 2.75) is 0 Å². The Morgan fingerprint density at radius 2 is 1.96 bits per heavy atom. The van der Waals surface area contributed by atoms with Gasteiger partial charge in [0, 0.05) is 41.2 Å². The monoisotopic (exact) mass is 309 g/mol. The van der Waals surface area contributed by atoms with Crippen molar-refractivity contribution in [1.82, 2.24) is 0 Å². The fourth-order valence-corrected chi connectivity index (χ4v) is 2.70. The van der Waals surface area contributed by atoms with Crippen molar-refractivity contribution in [2.75, 3.05) is 36.9 Å². The van der Waals surface area contributed by atoms with Crippen LogP contribution in [0.25, 0.3) is 0 Å². The molecule has 1 heterocycles. The molecular weight excluding hydrogens is 290 g/mol. The van der Waals surface area contributed by atoms with Gasteiger partial charge in [-0.2, -0.15) is 0 Å². The third-order valence-electron chi connectivity index (χ3n) is 3.99. The van der Waals surface area contributed by atoms with Gasteiger partial charge in [-0.15, -0.1) is 0 Å². The minimum Gasteiger partial charge on any atom is -0.398 e. The average Bonchev–Trinajstić information content (AvgIpc) is 2.62. The summed E-state index contributed by atoms with van der Waals surface area (Å²) >= 11 is 0. The van der Waals surface area contributed by atoms with Crippen molar-refractivity contribution in [3.05, 3.63) is 59.2 Å². The van der Waals surface area contributed by atoms with Gasteiger partial charge in [0.2, 0.25) is 0 Å². The maximum Gasteiger partial charge on any atom is 0.150 e. The molecule has 5 heteroatoms. The van der Waals surface area contributed by atoms with Crippen LogP contribution in [0.4, 0.5) is 11.4 Å². The summed E-state index contributed by atoms with van der Waals surface area (Å²) in [4.78, 5) is 13.2. The Balaban J connectivity index is 1.92. The van der Waals surface area contributed by atoms with Crippen molar-refractivity contribution in [3.8, 4) is 0 Å². The van der Waals surface area contributed by atoms with Crippen LogP contribution in [0.5, 0.6) is 0 Å². The van der Waals surface area contributed by atoms with Crippen molar-refractivity contribution in [2.24, 2.45) is 0 Å². The number of benzene rings is 2. The van der Waals surface area contributed by atoms with Crippen LogP contribution in [0.2, 0.25) is 0 Å². The number of carbonyl (C=O) groups excluding carboxylic acids is 1. The van der Waals surface area contributed by atoms with E-state index in [1.165, 1.54) is 0 Å². The molecule has 1 fully saturated rings. The highest BCUT2D eigenvalue weighted by Gasteiger charge is 2.14. The van der Waals surface area contributed by atoms with Gasteiger partial charge in [0.1, 0.15) is 6.29 Å². The first-order valence-electron chi connectivity index (χ1n) is 7.56. The van der Waals surface area contributed by atoms with E-state index in [4.69, 9.17) is 15.9 Å². The molecule has 118 valence electrons. The Morgan fingerprint density at radius 3 is 2.70 bits per heavy atom. The first-order valence-corrected chi connectivity index (χ1v) is 7.56. The molecule has 0 radical (unpaired) electrons. The molecule has 1 aliphatic heterocycles. The maximum atomic E-state index is 11.0. The van der Waals surface area contributed by atoms with Crippen LogP contribution in [0.15, 0.2) is 42.5 Å². The number of hydrogen-bond donors (Lipinski definition) is 2. The van der Waals surface area contributed by atoms with E-state index in [0.29, 0.717) is 22.5 Å². The summed E-state index contributed by atoms with van der Waals surface area (Å²) in [7, 11) is 0. The molecule has 0 aliphatic carbocycles. The molecule has 3 rings (SSSR count). The molecule has 3 N–H and O–H groups in total. The van der Waals surface area contributed by atoms with E-state index in [0.717, 1.165) is 43.8 Å². The van der Waals surface area contributed by atoms with E-state index in [1.807, 2.05) is 24.3 Å². The smallest absolute Gasteiger partial charge is 0.150 e. The zero-order valence-electron chi connectivity index (χ0n) is 12.8. The van der Waals surface area contributed by atoms with E-state index in [9.17, 15) is 4.79 Å². The molecule has 5 nitrogen and oxygen atoms in total. The molecule has 1 saturated heterocycles. The number of anilines is 2. The highest BCUT2D eigenvalue weighted by molar-refractivity contribution is 6.14. The Hall–Kier alpha value is -2.66. The molecule has 2 aromatic carbocycles. The largest absolute Gasteiger partial charge is 0.398 e. The van der Waals surface area contributed by atoms with Crippen LogP contribution < -0.4 is 10.6 Å². The number of aldehydes is 1. The van der Waals surface area contributed by atoms with Gasteiger partial charge >= 0.3 is 0 Å². The summed E-state index contributed by atoms with van der Waals surface area (Å²) in [5.41, 5.74) is 9.74. The highest BCUT2D eigenvalue weighted by Crippen LogP contribution is 2.22. The second-order valence-corrected chi connectivity index (χ2v) is 5.49. The number of ether oxygens (including phenoxy) is 1. The van der Waals surface area contributed by atoms with Gasteiger partial charge in [0.05, 0.1) is 18.9 Å². The highest BCUT2D eigenvalue weighted by atomic mass is 16.5. The normalized spacial score (nSPS) is 14.5. The number of nitrogen functional groups attached to an aromatic ring is 1. The lowest BCUT2D eigenvalue weighted by molar-refractivity contribution is 0.112. The zero-order chi connectivity index (χ0) is 16.2. The summed E-state index contributed by atoms with van der Waals surface area (Å²) in [6, 6.07) is 12.8. The topological polar surface area (TPSA) is 79.4 Å². The Labute approximate surface area is 135 Å². The number of morpholine rings is 1. The molecule has 0 saturated carbocycles. The number of carbonyl (C=O) groups is 1. The Bertz CT molecular complexity index is 737. The van der Waals surface area contributed by atoms with Gasteiger partial charge in [-0.3, -0.25) is 10.2 Å². The van der Waals surface area contributed by atoms with Crippen molar-refractivity contribution < 1.29 is 9.53 Å². The quantitative estimate of drug-likeness (QED) is 0.516. The summed E-state index contributed by atoms with van der Waals surface area (Å²) in [6.45, 7) is 3.13. The molecule has 0 aromatic heterocycles. The molecule has 0 amide bonds. The molecule has 0 bridgehead atoms. The van der Waals surface area contributed by atoms with Crippen LogP contribution in [-0.4, -0.2) is 38.3 Å². The van der Waals surface area contributed by atoms with Gasteiger partial charge in [0.25, 0.3) is 0 Å². The fourth-order valence-electron chi connectivity index (χ4n) is 2.70. The molecule has 0 atom stereocenters. The van der Waals surface area contributed by atoms with Crippen molar-refractivity contribution >= 4 is 23.4 Å². The van der Waals surface area contributed by atoms with Crippen LogP contribution in [0, 0.1) is 5.41 Å². The lowest BCUT2D eigenvalue weighted by atomic mass is 9.98. The Kier molecular flexibility index (Phi) is 4.39. The van der Waals surface area contributed by atoms with E-state index < -0.39 is 0 Å². The number of nitrogens with one attached hydrogen (secondary N) is 1. The van der Waals surface area contributed by atoms with E-state index >= 15 is 0 Å². The van der Waals surface area contributed by atoms with Crippen molar-refractivity contribution in [3.63, 3.8) is 0 Å². The van der Waals surface area contributed by atoms with Crippen LogP contribution in [-0.2, 0) is 4.74 Å². The van der Waals surface area contributed by atoms with Gasteiger partial charge in [-0.1, -0.05) is 12.1 Å². The maximum absolute atomic E-state index is 11.0. The summed E-state index contributed by atoms with van der Waals surface area (Å²) in [6.07, 6.45) is 0.764. The molecule has 2 aromatic rings. The number of rotatable bonds is 4. The second kappa shape index (κ2) is 6.62. The Morgan fingerprint density at radius 1 is 1.17 bits per heavy atom. The van der Waals surface area contributed by atoms with E-state index in [2.05, 4.69) is 4.90 Å². The first-order chi connectivity index (χ1) is 11.2. The summed E-state index contributed by atoms with van der Waals surface area (Å²) < 4.78 is 5.38. The van der Waals surface area contributed by atoms with E-state index in [1.54, 1.807) is 18.2 Å². The molecule has 1 aliphatic rings. The van der Waals surface area contributed by atoms with Gasteiger partial charge < -0.3 is 15.4 Å². The second-order valence-electron chi connectivity index (χ2n) is 5.49. The number of hydrogen-bond acceptors (Lipinski definition) is 5. The summed E-state index contributed by atoms with van der Waals surface area (Å²) in [5.74, 6) is 0. The SMILES string of the molecule is N=C(c1cccc(N2CCOCC2)c1)c1cc(C=O)ccc1N. The molecule has 23 heavy (non-hydrogen) atoms. The summed E-state index contributed by atoms with van der Waals surface area (Å²) in [5, 5.41) is 8.45. The minimum absolute atomic E-state index is 0.321. The van der Waals surface area contributed by atoms with Crippen LogP contribution in [0.1, 0.15) is 21.5 Å². The first kappa shape index (κ1) is 15.2. The predicted octanol–water partition coefficient (Wildman–Crippen LogP) is 2.33. The predicted molar refractivity (Wildman–Crippen MR) is 91.6 cm³/mol. The number of nitrogens with two attached hydrogens (primary N) is 1. The fraction of sp³-hybridized carbons (Fsp3) is 0.222. The van der Waals surface area contributed by atoms with E-state index in [-0.39, 0.29) is 0 Å². The lowest BCUT2D eigenvalue weighted by Gasteiger charge is -2.29. The van der Waals surface area contributed by atoms with Crippen LogP contribution in [0.3, 0.4) is 0 Å². The van der Waals surface area contributed by atoms with Crippen molar-refractivity contribution in [1.29, 1.82) is 5.41 Å². The minimum atomic E-state index is 0.321. The lowest BCUT2D eigenvalue weighted by Crippen LogP contribution is -2.36.